The first-order valence-corrected chi connectivity index (χ1v) is 9.12. The minimum Gasteiger partial charge on any atom is -0.459 e. The monoisotopic (exact) mass is 353 g/mol. The molecule has 1 aromatic heterocycles. The smallest absolute Gasteiger partial charge is 0.289 e. The van der Waals surface area contributed by atoms with Crippen LogP contribution in [0.4, 0.5) is 0 Å². The first-order valence-electron chi connectivity index (χ1n) is 9.12. The van der Waals surface area contributed by atoms with Crippen molar-refractivity contribution in [1.29, 1.82) is 0 Å². The summed E-state index contributed by atoms with van der Waals surface area (Å²) in [7, 11) is 0. The van der Waals surface area contributed by atoms with Gasteiger partial charge in [0.1, 0.15) is 0 Å². The molecule has 2 aromatic rings. The van der Waals surface area contributed by atoms with Gasteiger partial charge in [0.25, 0.3) is 5.91 Å². The van der Waals surface area contributed by atoms with Crippen molar-refractivity contribution < 1.29 is 14.0 Å². The number of benzene rings is 1. The van der Waals surface area contributed by atoms with Gasteiger partial charge >= 0.3 is 0 Å². The summed E-state index contributed by atoms with van der Waals surface area (Å²) in [5, 5.41) is 0. The molecule has 0 spiro atoms. The van der Waals surface area contributed by atoms with E-state index in [4.69, 9.17) is 4.42 Å². The minimum atomic E-state index is -0.137. The third-order valence-electron chi connectivity index (χ3n) is 5.26. The van der Waals surface area contributed by atoms with E-state index in [2.05, 4.69) is 17.0 Å². The summed E-state index contributed by atoms with van der Waals surface area (Å²) in [4.78, 5) is 31.5. The second-order valence-corrected chi connectivity index (χ2v) is 6.86. The Hall–Kier alpha value is -2.60. The molecule has 2 aliphatic rings. The van der Waals surface area contributed by atoms with E-state index in [0.717, 1.165) is 25.2 Å². The van der Waals surface area contributed by atoms with Crippen molar-refractivity contribution in [3.63, 3.8) is 0 Å². The molecule has 1 unspecified atom stereocenters. The fraction of sp³-hybridized carbons (Fsp3) is 0.400. The summed E-state index contributed by atoms with van der Waals surface area (Å²) in [6.45, 7) is 4.16. The molecule has 6 nitrogen and oxygen atoms in total. The minimum absolute atomic E-state index is 0.0940. The molecule has 0 bridgehead atoms. The Labute approximate surface area is 153 Å². The molecule has 0 saturated carbocycles. The average molecular weight is 353 g/mol. The van der Waals surface area contributed by atoms with Gasteiger partial charge in [0, 0.05) is 39.3 Å². The van der Waals surface area contributed by atoms with Crippen molar-refractivity contribution >= 4 is 11.8 Å². The van der Waals surface area contributed by atoms with E-state index in [9.17, 15) is 9.59 Å². The van der Waals surface area contributed by atoms with E-state index in [-0.39, 0.29) is 17.9 Å². The Morgan fingerprint density at radius 3 is 2.58 bits per heavy atom. The van der Waals surface area contributed by atoms with Crippen molar-refractivity contribution in [3.05, 3.63) is 60.1 Å². The number of hydrogen-bond donors (Lipinski definition) is 0. The second kappa shape index (κ2) is 7.33. The summed E-state index contributed by atoms with van der Waals surface area (Å²) >= 11 is 0. The highest BCUT2D eigenvalue weighted by atomic mass is 16.3. The van der Waals surface area contributed by atoms with Gasteiger partial charge in [-0.3, -0.25) is 14.5 Å². The maximum atomic E-state index is 13.0. The van der Waals surface area contributed by atoms with E-state index in [1.807, 2.05) is 23.1 Å². The zero-order valence-electron chi connectivity index (χ0n) is 14.7. The highest BCUT2D eigenvalue weighted by molar-refractivity contribution is 5.91. The third-order valence-corrected chi connectivity index (χ3v) is 5.26. The van der Waals surface area contributed by atoms with Gasteiger partial charge in [0.05, 0.1) is 12.3 Å². The lowest BCUT2D eigenvalue weighted by atomic mass is 10.1. The topological polar surface area (TPSA) is 57.0 Å². The molecule has 0 N–H and O–H groups in total. The molecule has 2 aliphatic heterocycles. The number of nitrogens with zero attached hydrogens (tertiary/aromatic N) is 3. The number of carbonyl (C=O) groups is 2. The molecule has 1 atom stereocenters. The SMILES string of the molecule is O=C(c1ccco1)N1CCC2C(=O)N(Cc3ccccc3)CCN2CC1. The van der Waals surface area contributed by atoms with Crippen molar-refractivity contribution in [3.8, 4) is 0 Å². The number of rotatable bonds is 3. The molecular formula is C20H23N3O3. The summed E-state index contributed by atoms with van der Waals surface area (Å²) in [5.74, 6) is 0.442. The Balaban J connectivity index is 1.42. The van der Waals surface area contributed by atoms with Gasteiger partial charge in [0.15, 0.2) is 5.76 Å². The Morgan fingerprint density at radius 1 is 1.00 bits per heavy atom. The molecule has 4 rings (SSSR count). The molecular weight excluding hydrogens is 330 g/mol. The van der Waals surface area contributed by atoms with Gasteiger partial charge in [-0.1, -0.05) is 30.3 Å². The van der Waals surface area contributed by atoms with E-state index in [1.54, 1.807) is 17.0 Å². The maximum absolute atomic E-state index is 13.0. The number of amides is 2. The largest absolute Gasteiger partial charge is 0.459 e. The van der Waals surface area contributed by atoms with Crippen LogP contribution in [-0.2, 0) is 11.3 Å². The van der Waals surface area contributed by atoms with Crippen molar-refractivity contribution in [1.82, 2.24) is 14.7 Å². The number of hydrogen-bond acceptors (Lipinski definition) is 4. The van der Waals surface area contributed by atoms with Crippen LogP contribution in [0.2, 0.25) is 0 Å². The Morgan fingerprint density at radius 2 is 1.81 bits per heavy atom. The van der Waals surface area contributed by atoms with Crippen LogP contribution < -0.4 is 0 Å². The van der Waals surface area contributed by atoms with Crippen LogP contribution in [0.25, 0.3) is 0 Å². The lowest BCUT2D eigenvalue weighted by molar-refractivity contribution is -0.142. The molecule has 2 saturated heterocycles. The zero-order valence-corrected chi connectivity index (χ0v) is 14.7. The van der Waals surface area contributed by atoms with Crippen molar-refractivity contribution in [2.45, 2.75) is 19.0 Å². The molecule has 0 aliphatic carbocycles. The maximum Gasteiger partial charge on any atom is 0.289 e. The van der Waals surface area contributed by atoms with Crippen LogP contribution in [0, 0.1) is 0 Å². The average Bonchev–Trinajstić information content (AvgIpc) is 3.11. The van der Waals surface area contributed by atoms with E-state index in [0.29, 0.717) is 31.8 Å². The molecule has 1 aromatic carbocycles. The molecule has 0 radical (unpaired) electrons. The van der Waals surface area contributed by atoms with Crippen LogP contribution in [-0.4, -0.2) is 65.3 Å². The number of piperazine rings is 1. The van der Waals surface area contributed by atoms with Gasteiger partial charge in [-0.15, -0.1) is 0 Å². The molecule has 6 heteroatoms. The Bertz CT molecular complexity index is 760. The van der Waals surface area contributed by atoms with Crippen LogP contribution in [0.1, 0.15) is 22.5 Å². The Kier molecular flexibility index (Phi) is 4.75. The van der Waals surface area contributed by atoms with E-state index >= 15 is 0 Å². The van der Waals surface area contributed by atoms with Gasteiger partial charge in [-0.25, -0.2) is 0 Å². The van der Waals surface area contributed by atoms with Gasteiger partial charge in [-0.2, -0.15) is 0 Å². The summed E-state index contributed by atoms with van der Waals surface area (Å²) in [5.41, 5.74) is 1.15. The lowest BCUT2D eigenvalue weighted by Crippen LogP contribution is -2.56. The quantitative estimate of drug-likeness (QED) is 0.845. The molecule has 2 fully saturated rings. The first kappa shape index (κ1) is 16.8. The normalized spacial score (nSPS) is 21.4. The van der Waals surface area contributed by atoms with E-state index in [1.165, 1.54) is 6.26 Å². The van der Waals surface area contributed by atoms with Gasteiger partial charge < -0.3 is 14.2 Å². The van der Waals surface area contributed by atoms with Crippen LogP contribution in [0.15, 0.2) is 53.1 Å². The van der Waals surface area contributed by atoms with Crippen LogP contribution in [0.3, 0.4) is 0 Å². The molecule has 26 heavy (non-hydrogen) atoms. The predicted molar refractivity (Wildman–Crippen MR) is 96.4 cm³/mol. The standard InChI is InChI=1S/C20H23N3O3/c24-19-17-8-9-22(20(25)18-7-4-14-26-18)12-10-21(17)11-13-23(19)15-16-5-2-1-3-6-16/h1-7,14,17H,8-13,15H2. The predicted octanol–water partition coefficient (Wildman–Crippen LogP) is 1.84. The van der Waals surface area contributed by atoms with Crippen molar-refractivity contribution in [2.24, 2.45) is 0 Å². The summed E-state index contributed by atoms with van der Waals surface area (Å²) in [6.07, 6.45) is 2.18. The third kappa shape index (κ3) is 3.37. The van der Waals surface area contributed by atoms with Crippen LogP contribution in [0.5, 0.6) is 0 Å². The molecule has 3 heterocycles. The fourth-order valence-corrected chi connectivity index (χ4v) is 3.81. The fourth-order valence-electron chi connectivity index (χ4n) is 3.81. The second-order valence-electron chi connectivity index (χ2n) is 6.86. The molecule has 2 amide bonds. The summed E-state index contributed by atoms with van der Waals surface area (Å²) < 4.78 is 5.23. The highest BCUT2D eigenvalue weighted by Gasteiger charge is 2.37. The van der Waals surface area contributed by atoms with Gasteiger partial charge in [-0.05, 0) is 24.1 Å². The molecule has 136 valence electrons. The number of furan rings is 1. The highest BCUT2D eigenvalue weighted by Crippen LogP contribution is 2.21. The van der Waals surface area contributed by atoms with E-state index < -0.39 is 0 Å². The number of fused-ring (bicyclic) bond motifs is 1. The lowest BCUT2D eigenvalue weighted by Gasteiger charge is -2.39. The van der Waals surface area contributed by atoms with Crippen LogP contribution >= 0.6 is 0 Å². The van der Waals surface area contributed by atoms with Crippen molar-refractivity contribution in [2.75, 3.05) is 32.7 Å². The summed E-state index contributed by atoms with van der Waals surface area (Å²) in [6, 6.07) is 13.4. The zero-order chi connectivity index (χ0) is 17.9. The number of carbonyl (C=O) groups excluding carboxylic acids is 2. The first-order chi connectivity index (χ1) is 12.7. The van der Waals surface area contributed by atoms with Gasteiger partial charge in [0.2, 0.25) is 5.91 Å².